The highest BCUT2D eigenvalue weighted by Crippen LogP contribution is 2.36. The van der Waals surface area contributed by atoms with E-state index in [0.29, 0.717) is 17.1 Å². The Morgan fingerprint density at radius 2 is 1.51 bits per heavy atom. The molecule has 4 aromatic rings. The molecule has 12 heteroatoms. The molecule has 248 valence electrons. The number of hydrogen-bond acceptors (Lipinski definition) is 4. The fourth-order valence-corrected chi connectivity index (χ4v) is 7.12. The lowest BCUT2D eigenvalue weighted by Gasteiger charge is -2.34. The van der Waals surface area contributed by atoms with Crippen LogP contribution in [-0.4, -0.2) is 44.3 Å². The van der Waals surface area contributed by atoms with Crippen molar-refractivity contribution in [2.45, 2.75) is 50.6 Å². The van der Waals surface area contributed by atoms with Gasteiger partial charge < -0.3 is 10.2 Å². The van der Waals surface area contributed by atoms with E-state index in [4.69, 9.17) is 46.4 Å². The van der Waals surface area contributed by atoms with Crippen molar-refractivity contribution in [2.24, 2.45) is 0 Å². The molecule has 0 aliphatic heterocycles. The summed E-state index contributed by atoms with van der Waals surface area (Å²) in [5, 5.41) is 3.65. The molecule has 0 aromatic heterocycles. The van der Waals surface area contributed by atoms with Crippen LogP contribution in [0.4, 0.5) is 5.69 Å². The van der Waals surface area contributed by atoms with E-state index >= 15 is 0 Å². The summed E-state index contributed by atoms with van der Waals surface area (Å²) in [6.07, 6.45) is 1.79. The maximum atomic E-state index is 14.6. The first-order valence-electron chi connectivity index (χ1n) is 15.0. The van der Waals surface area contributed by atoms with Gasteiger partial charge in [0.15, 0.2) is 0 Å². The van der Waals surface area contributed by atoms with E-state index in [0.717, 1.165) is 28.3 Å². The number of nitrogens with one attached hydrogen (secondary N) is 1. The molecule has 0 bridgehead atoms. The van der Waals surface area contributed by atoms with Crippen molar-refractivity contribution in [3.63, 3.8) is 0 Å². The maximum absolute atomic E-state index is 14.6. The molecule has 0 saturated heterocycles. The number of unbranched alkanes of at least 4 members (excludes halogenated alkanes) is 1. The highest BCUT2D eigenvalue weighted by Gasteiger charge is 2.35. The lowest BCUT2D eigenvalue weighted by Crippen LogP contribution is -2.53. The van der Waals surface area contributed by atoms with Crippen LogP contribution in [0.5, 0.6) is 0 Å². The first-order chi connectivity index (χ1) is 22.4. The number of carbonyl (C=O) groups is 2. The van der Waals surface area contributed by atoms with Gasteiger partial charge in [0.25, 0.3) is 10.0 Å². The van der Waals surface area contributed by atoms with Crippen molar-refractivity contribution < 1.29 is 18.0 Å². The number of rotatable bonds is 14. The van der Waals surface area contributed by atoms with E-state index in [1.165, 1.54) is 29.2 Å². The standard InChI is InChI=1S/C35H35Cl4N3O4S/c1-3-4-19-40-35(44)32(21-25-9-6-5-7-10-25)41(22-26-15-18-28(36)30(38)20-26)33(43)23-42(31-12-8-11-29(37)34(31)39)47(45,46)27-16-13-24(2)14-17-27/h5-18,20,32H,3-4,19,21-23H2,1-2H3,(H,40,44)/t32-/m0/s1. The fraction of sp³-hybridized carbons (Fsp3) is 0.257. The van der Waals surface area contributed by atoms with Gasteiger partial charge in [-0.15, -0.1) is 0 Å². The van der Waals surface area contributed by atoms with E-state index in [9.17, 15) is 18.0 Å². The van der Waals surface area contributed by atoms with Gasteiger partial charge in [-0.1, -0.05) is 120 Å². The Morgan fingerprint density at radius 1 is 0.809 bits per heavy atom. The summed E-state index contributed by atoms with van der Waals surface area (Å²) in [6, 6.07) is 24.1. The van der Waals surface area contributed by atoms with Crippen molar-refractivity contribution in [1.82, 2.24) is 10.2 Å². The molecule has 47 heavy (non-hydrogen) atoms. The number of aryl methyl sites for hydroxylation is 1. The molecule has 0 aliphatic rings. The van der Waals surface area contributed by atoms with Gasteiger partial charge >= 0.3 is 0 Å². The highest BCUT2D eigenvalue weighted by molar-refractivity contribution is 7.92. The molecule has 2 amide bonds. The Kier molecular flexibility index (Phi) is 13.0. The maximum Gasteiger partial charge on any atom is 0.264 e. The number of benzene rings is 4. The third-order valence-electron chi connectivity index (χ3n) is 7.53. The number of amides is 2. The predicted octanol–water partition coefficient (Wildman–Crippen LogP) is 8.36. The van der Waals surface area contributed by atoms with Crippen LogP contribution in [0.2, 0.25) is 20.1 Å². The zero-order chi connectivity index (χ0) is 34.1. The number of carbonyl (C=O) groups excluding carboxylic acids is 2. The van der Waals surface area contributed by atoms with Crippen molar-refractivity contribution in [2.75, 3.05) is 17.4 Å². The Labute approximate surface area is 296 Å². The summed E-state index contributed by atoms with van der Waals surface area (Å²) in [4.78, 5) is 29.8. The Hall–Kier alpha value is -3.27. The van der Waals surface area contributed by atoms with Crippen molar-refractivity contribution >= 4 is 73.9 Å². The van der Waals surface area contributed by atoms with Crippen molar-refractivity contribution in [1.29, 1.82) is 0 Å². The molecule has 0 unspecified atom stereocenters. The molecule has 0 radical (unpaired) electrons. The van der Waals surface area contributed by atoms with Crippen LogP contribution in [0.25, 0.3) is 0 Å². The lowest BCUT2D eigenvalue weighted by molar-refractivity contribution is -0.140. The van der Waals surface area contributed by atoms with Gasteiger partial charge in [-0.25, -0.2) is 8.42 Å². The van der Waals surface area contributed by atoms with Gasteiger partial charge in [-0.05, 0) is 60.9 Å². The van der Waals surface area contributed by atoms with Crippen molar-refractivity contribution in [3.05, 3.63) is 128 Å². The minimum Gasteiger partial charge on any atom is -0.354 e. The van der Waals surface area contributed by atoms with E-state index in [1.807, 2.05) is 44.2 Å². The monoisotopic (exact) mass is 733 g/mol. The first kappa shape index (κ1) is 36.6. The van der Waals surface area contributed by atoms with E-state index < -0.39 is 28.5 Å². The van der Waals surface area contributed by atoms with Crippen molar-refractivity contribution in [3.8, 4) is 0 Å². The molecule has 0 saturated carbocycles. The summed E-state index contributed by atoms with van der Waals surface area (Å²) >= 11 is 25.4. The van der Waals surface area contributed by atoms with Crippen LogP contribution in [0.1, 0.15) is 36.5 Å². The van der Waals surface area contributed by atoms with Crippen LogP contribution in [-0.2, 0) is 32.6 Å². The Morgan fingerprint density at radius 3 is 2.17 bits per heavy atom. The lowest BCUT2D eigenvalue weighted by atomic mass is 10.0. The van der Waals surface area contributed by atoms with Crippen LogP contribution in [0, 0.1) is 6.92 Å². The fourth-order valence-electron chi connectivity index (χ4n) is 4.93. The number of hydrogen-bond donors (Lipinski definition) is 1. The summed E-state index contributed by atoms with van der Waals surface area (Å²) in [7, 11) is -4.34. The van der Waals surface area contributed by atoms with Crippen LogP contribution in [0.15, 0.2) is 95.9 Å². The minimum absolute atomic E-state index is 0.0228. The molecule has 0 aliphatic carbocycles. The molecular formula is C35H35Cl4N3O4S. The number of nitrogens with zero attached hydrogens (tertiary/aromatic N) is 2. The Balaban J connectivity index is 1.83. The van der Waals surface area contributed by atoms with E-state index in [-0.39, 0.29) is 44.5 Å². The Bertz CT molecular complexity index is 1810. The van der Waals surface area contributed by atoms with Gasteiger partial charge in [0.1, 0.15) is 12.6 Å². The van der Waals surface area contributed by atoms with Crippen LogP contribution >= 0.6 is 46.4 Å². The SMILES string of the molecule is CCCCNC(=O)[C@H](Cc1ccccc1)N(Cc1ccc(Cl)c(Cl)c1)C(=O)CN(c1cccc(Cl)c1Cl)S(=O)(=O)c1ccc(C)cc1. The molecule has 0 spiro atoms. The molecule has 0 heterocycles. The summed E-state index contributed by atoms with van der Waals surface area (Å²) < 4.78 is 29.4. The zero-order valence-corrected chi connectivity index (χ0v) is 29.8. The second kappa shape index (κ2) is 16.7. The summed E-state index contributed by atoms with van der Waals surface area (Å²) in [5.74, 6) is -1.01. The smallest absolute Gasteiger partial charge is 0.264 e. The third kappa shape index (κ3) is 9.42. The van der Waals surface area contributed by atoms with E-state index in [2.05, 4.69) is 5.32 Å². The van der Waals surface area contributed by atoms with Gasteiger partial charge in [-0.2, -0.15) is 0 Å². The number of sulfonamides is 1. The zero-order valence-electron chi connectivity index (χ0n) is 25.9. The topological polar surface area (TPSA) is 86.8 Å². The molecular weight excluding hydrogens is 700 g/mol. The molecule has 0 fully saturated rings. The largest absolute Gasteiger partial charge is 0.354 e. The molecule has 7 nitrogen and oxygen atoms in total. The van der Waals surface area contributed by atoms with Crippen LogP contribution < -0.4 is 9.62 Å². The molecule has 1 N–H and O–H groups in total. The van der Waals surface area contributed by atoms with Gasteiger partial charge in [-0.3, -0.25) is 13.9 Å². The average Bonchev–Trinajstić information content (AvgIpc) is 3.05. The quantitative estimate of drug-likeness (QED) is 0.132. The van der Waals surface area contributed by atoms with Gasteiger partial charge in [0.05, 0.1) is 30.7 Å². The minimum atomic E-state index is -4.34. The average molecular weight is 736 g/mol. The predicted molar refractivity (Wildman–Crippen MR) is 191 cm³/mol. The second-order valence-electron chi connectivity index (χ2n) is 11.0. The molecule has 1 atom stereocenters. The second-order valence-corrected chi connectivity index (χ2v) is 14.5. The van der Waals surface area contributed by atoms with Crippen LogP contribution in [0.3, 0.4) is 0 Å². The third-order valence-corrected chi connectivity index (χ3v) is 10.8. The number of halogens is 4. The number of anilines is 1. The highest BCUT2D eigenvalue weighted by atomic mass is 35.5. The van der Waals surface area contributed by atoms with Gasteiger partial charge in [0, 0.05) is 19.5 Å². The van der Waals surface area contributed by atoms with E-state index in [1.54, 1.807) is 36.4 Å². The normalized spacial score (nSPS) is 12.0. The van der Waals surface area contributed by atoms with Gasteiger partial charge in [0.2, 0.25) is 11.8 Å². The molecule has 4 rings (SSSR count). The summed E-state index contributed by atoms with van der Waals surface area (Å²) in [6.45, 7) is 3.53. The summed E-state index contributed by atoms with van der Waals surface area (Å²) in [5.41, 5.74) is 2.30. The molecule has 4 aromatic carbocycles. The first-order valence-corrected chi connectivity index (χ1v) is 18.0.